The van der Waals surface area contributed by atoms with Gasteiger partial charge in [0.2, 0.25) is 11.9 Å². The number of nitrogens with two attached hydrogens (primary N) is 2. The van der Waals surface area contributed by atoms with E-state index in [2.05, 4.69) is 22.6 Å². The normalized spacial score (nSPS) is 13.8. The van der Waals surface area contributed by atoms with Crippen LogP contribution in [0.15, 0.2) is 71.8 Å². The van der Waals surface area contributed by atoms with E-state index < -0.39 is 5.91 Å². The van der Waals surface area contributed by atoms with E-state index >= 15 is 0 Å². The van der Waals surface area contributed by atoms with Gasteiger partial charge in [0.15, 0.2) is 0 Å². The summed E-state index contributed by atoms with van der Waals surface area (Å²) in [4.78, 5) is 27.7. The Labute approximate surface area is 256 Å². The van der Waals surface area contributed by atoms with Crippen LogP contribution in [0, 0.1) is 0 Å². The number of carbonyl (C=O) groups excluding carboxylic acids is 2. The number of nitrogens with zero attached hydrogens (tertiary/aromatic N) is 2. The largest absolute Gasteiger partial charge is 0.492 e. The summed E-state index contributed by atoms with van der Waals surface area (Å²) in [7, 11) is 0. The lowest BCUT2D eigenvalue weighted by Crippen LogP contribution is -2.39. The van der Waals surface area contributed by atoms with Crippen LogP contribution in [0.4, 0.5) is 5.69 Å². The third-order valence-electron chi connectivity index (χ3n) is 7.25. The highest BCUT2D eigenvalue weighted by atomic mass is 35.5. The average Bonchev–Trinajstić information content (AvgIpc) is 3.00. The van der Waals surface area contributed by atoms with Crippen molar-refractivity contribution in [2.45, 2.75) is 57.4 Å². The number of halogens is 2. The molecule has 0 spiro atoms. The maximum absolute atomic E-state index is 13.5. The number of carbonyl (C=O) groups is 2. The number of guanidine groups is 1. The predicted molar refractivity (Wildman–Crippen MR) is 168 cm³/mol. The van der Waals surface area contributed by atoms with Crippen molar-refractivity contribution >= 4 is 46.7 Å². The van der Waals surface area contributed by atoms with Gasteiger partial charge in [0.1, 0.15) is 5.75 Å². The average molecular weight is 612 g/mol. The number of hydrazone groups is 1. The summed E-state index contributed by atoms with van der Waals surface area (Å²) < 4.78 is 5.78. The molecule has 2 amide bonds. The van der Waals surface area contributed by atoms with Gasteiger partial charge >= 0.3 is 0 Å². The minimum atomic E-state index is -0.426. The fourth-order valence-electron chi connectivity index (χ4n) is 5.05. The fraction of sp³-hybridized carbons (Fsp3) is 0.323. The summed E-state index contributed by atoms with van der Waals surface area (Å²) in [5.41, 5.74) is 11.0. The van der Waals surface area contributed by atoms with E-state index in [0.717, 1.165) is 11.3 Å². The Kier molecular flexibility index (Phi) is 11.5. The molecule has 0 radical (unpaired) electrons. The molecular weight excluding hydrogens is 575 g/mol. The zero-order chi connectivity index (χ0) is 29.9. The standard InChI is InChI=1S/C31H36Cl2N6O3/c32-25-14-17-28(27(33)19-25)42-18-4-7-29(40)39(26-15-12-23(13-16-26)22-5-2-1-3-6-22)20-21-8-10-24(11-9-21)30(41)36-31(34)37-38-35/h8-17,19,22,38H,1-7,18,20,35H2,(H3,34,36,37,41). The molecule has 3 aromatic carbocycles. The van der Waals surface area contributed by atoms with Gasteiger partial charge in [-0.3, -0.25) is 14.9 Å². The van der Waals surface area contributed by atoms with E-state index in [4.69, 9.17) is 39.5 Å². The summed E-state index contributed by atoms with van der Waals surface area (Å²) >= 11 is 12.2. The molecule has 1 aliphatic rings. The number of nitrogens with one attached hydrogen (secondary N) is 2. The van der Waals surface area contributed by atoms with Crippen LogP contribution in [0.25, 0.3) is 0 Å². The molecule has 0 aromatic heterocycles. The number of hydrogen-bond acceptors (Lipinski definition) is 6. The van der Waals surface area contributed by atoms with Gasteiger partial charge < -0.3 is 15.4 Å². The molecule has 0 aliphatic heterocycles. The Bertz CT molecular complexity index is 1380. The minimum Gasteiger partial charge on any atom is -0.492 e. The molecule has 0 atom stereocenters. The van der Waals surface area contributed by atoms with E-state index in [0.29, 0.717) is 46.8 Å². The fourth-order valence-corrected chi connectivity index (χ4v) is 5.51. The third-order valence-corrected chi connectivity index (χ3v) is 7.78. The number of benzene rings is 3. The molecule has 1 aliphatic carbocycles. The van der Waals surface area contributed by atoms with Crippen LogP contribution in [0.2, 0.25) is 10.0 Å². The lowest BCUT2D eigenvalue weighted by Gasteiger charge is -2.25. The molecule has 1 saturated carbocycles. The summed E-state index contributed by atoms with van der Waals surface area (Å²) in [5.74, 6) is 5.58. The van der Waals surface area contributed by atoms with Crippen molar-refractivity contribution < 1.29 is 14.3 Å². The van der Waals surface area contributed by atoms with Crippen LogP contribution in [0.3, 0.4) is 0 Å². The molecule has 0 saturated heterocycles. The highest BCUT2D eigenvalue weighted by molar-refractivity contribution is 6.35. The van der Waals surface area contributed by atoms with Gasteiger partial charge in [-0.05, 0) is 78.8 Å². The van der Waals surface area contributed by atoms with Gasteiger partial charge in [0.25, 0.3) is 5.91 Å². The second-order valence-electron chi connectivity index (χ2n) is 10.2. The minimum absolute atomic E-state index is 0.0358. The molecule has 0 heterocycles. The first-order chi connectivity index (χ1) is 20.3. The lowest BCUT2D eigenvalue weighted by atomic mass is 9.84. The maximum atomic E-state index is 13.5. The second kappa shape index (κ2) is 15.4. The van der Waals surface area contributed by atoms with Crippen molar-refractivity contribution in [3.8, 4) is 5.75 Å². The first-order valence-electron chi connectivity index (χ1n) is 14.0. The predicted octanol–water partition coefficient (Wildman–Crippen LogP) is 5.86. The highest BCUT2D eigenvalue weighted by Gasteiger charge is 2.19. The van der Waals surface area contributed by atoms with Crippen molar-refractivity contribution in [1.82, 2.24) is 10.9 Å². The molecule has 11 heteroatoms. The molecule has 222 valence electrons. The number of anilines is 1. The van der Waals surface area contributed by atoms with Crippen molar-refractivity contribution in [1.29, 1.82) is 0 Å². The lowest BCUT2D eigenvalue weighted by molar-refractivity contribution is -0.119. The SMILES string of the molecule is NN/N=C(\N)NC(=O)c1ccc(CN(C(=O)CCCOc2ccc(Cl)cc2Cl)c2ccc(C3CCCCC3)cc2)cc1. The Morgan fingerprint density at radius 2 is 1.69 bits per heavy atom. The number of hydrazine groups is 1. The second-order valence-corrected chi connectivity index (χ2v) is 11.1. The van der Waals surface area contributed by atoms with Crippen LogP contribution in [-0.2, 0) is 11.3 Å². The Balaban J connectivity index is 1.45. The van der Waals surface area contributed by atoms with Gasteiger partial charge in [-0.1, -0.05) is 66.7 Å². The highest BCUT2D eigenvalue weighted by Crippen LogP contribution is 2.34. The van der Waals surface area contributed by atoms with E-state index in [-0.39, 0.29) is 18.3 Å². The van der Waals surface area contributed by atoms with Crippen molar-refractivity contribution in [2.24, 2.45) is 16.7 Å². The Morgan fingerprint density at radius 3 is 2.36 bits per heavy atom. The Morgan fingerprint density at radius 1 is 0.976 bits per heavy atom. The quantitative estimate of drug-likeness (QED) is 0.0706. The zero-order valence-electron chi connectivity index (χ0n) is 23.3. The summed E-state index contributed by atoms with van der Waals surface area (Å²) in [5, 5.41) is 6.91. The summed E-state index contributed by atoms with van der Waals surface area (Å²) in [6, 6.07) is 20.4. The number of rotatable bonds is 11. The van der Waals surface area contributed by atoms with Crippen LogP contribution in [0.5, 0.6) is 5.75 Å². The number of amides is 2. The first kappa shape index (κ1) is 31.2. The first-order valence-corrected chi connectivity index (χ1v) is 14.8. The molecule has 6 N–H and O–H groups in total. The monoisotopic (exact) mass is 610 g/mol. The molecule has 42 heavy (non-hydrogen) atoms. The van der Waals surface area contributed by atoms with Gasteiger partial charge in [-0.25, -0.2) is 11.4 Å². The van der Waals surface area contributed by atoms with Crippen LogP contribution < -0.4 is 32.1 Å². The molecular formula is C31H36Cl2N6O3. The summed E-state index contributed by atoms with van der Waals surface area (Å²) in [6.07, 6.45) is 7.03. The van der Waals surface area contributed by atoms with Crippen molar-refractivity contribution in [3.05, 3.63) is 93.5 Å². The van der Waals surface area contributed by atoms with E-state index in [9.17, 15) is 9.59 Å². The van der Waals surface area contributed by atoms with Crippen LogP contribution >= 0.6 is 23.2 Å². The molecule has 4 rings (SSSR count). The summed E-state index contributed by atoms with van der Waals surface area (Å²) in [6.45, 7) is 0.672. The van der Waals surface area contributed by atoms with Gasteiger partial charge in [0, 0.05) is 22.7 Å². The number of hydrogen-bond donors (Lipinski definition) is 4. The van der Waals surface area contributed by atoms with Gasteiger partial charge in [-0.2, -0.15) is 0 Å². The maximum Gasteiger partial charge on any atom is 0.257 e. The van der Waals surface area contributed by atoms with Gasteiger partial charge in [0.05, 0.1) is 18.2 Å². The van der Waals surface area contributed by atoms with Crippen molar-refractivity contribution in [3.63, 3.8) is 0 Å². The van der Waals surface area contributed by atoms with E-state index in [1.165, 1.54) is 37.7 Å². The van der Waals surface area contributed by atoms with Gasteiger partial charge in [-0.15, -0.1) is 5.10 Å². The molecule has 3 aromatic rings. The van der Waals surface area contributed by atoms with Crippen LogP contribution in [0.1, 0.15) is 72.3 Å². The third kappa shape index (κ3) is 8.85. The zero-order valence-corrected chi connectivity index (χ0v) is 24.8. The Hall–Kier alpha value is -3.79. The smallest absolute Gasteiger partial charge is 0.257 e. The molecule has 0 bridgehead atoms. The topological polar surface area (TPSA) is 135 Å². The van der Waals surface area contributed by atoms with Crippen molar-refractivity contribution in [2.75, 3.05) is 11.5 Å². The molecule has 1 fully saturated rings. The molecule has 0 unspecified atom stereocenters. The molecule has 9 nitrogen and oxygen atoms in total. The van der Waals surface area contributed by atoms with Crippen LogP contribution in [-0.4, -0.2) is 24.4 Å². The van der Waals surface area contributed by atoms with E-state index in [1.54, 1.807) is 35.2 Å². The van der Waals surface area contributed by atoms with E-state index in [1.807, 2.05) is 29.8 Å². The number of ether oxygens (including phenoxy) is 1.